The van der Waals surface area contributed by atoms with E-state index < -0.39 is 0 Å². The molecule has 42 heavy (non-hydrogen) atoms. The average Bonchev–Trinajstić information content (AvgIpc) is 2.94. The second-order valence-electron chi connectivity index (χ2n) is 10.4. The maximum absolute atomic E-state index is 10.8. The number of hydrogen-bond acceptors (Lipinski definition) is 9. The van der Waals surface area contributed by atoms with Gasteiger partial charge in [0.15, 0.2) is 0 Å². The van der Waals surface area contributed by atoms with Crippen molar-refractivity contribution in [1.29, 1.82) is 0 Å². The third-order valence-corrected chi connectivity index (χ3v) is 6.45. The fraction of sp³-hybridized carbons (Fsp3) is 0.656. The minimum atomic E-state index is -0.307. The van der Waals surface area contributed by atoms with E-state index in [1.54, 1.807) is 12.1 Å². The van der Waals surface area contributed by atoms with Crippen LogP contribution in [0.15, 0.2) is 30.5 Å². The van der Waals surface area contributed by atoms with Gasteiger partial charge in [0.1, 0.15) is 18.5 Å². The summed E-state index contributed by atoms with van der Waals surface area (Å²) in [6, 6.07) is 7.06. The lowest BCUT2D eigenvalue weighted by Crippen LogP contribution is -2.40. The Hall–Kier alpha value is -3.27. The lowest BCUT2D eigenvalue weighted by molar-refractivity contribution is -0.168. The number of benzene rings is 1. The van der Waals surface area contributed by atoms with Crippen LogP contribution in [0.3, 0.4) is 0 Å². The van der Waals surface area contributed by atoms with Crippen LogP contribution in [-0.4, -0.2) is 62.0 Å². The Morgan fingerprint density at radius 2 is 1.67 bits per heavy atom. The third kappa shape index (κ3) is 20.6. The highest BCUT2D eigenvalue weighted by atomic mass is 16.6. The number of carbonyl (C=O) groups is 3. The standard InChI is InChI=1S/C16H25N3O2.C11H18O5.C5H12/c1-18-15(13-7-9-14(20)10-8-13)12-19-11-5-3-2-4-6-16(17)21;1-7-4-10(5-14-8(2)12)15-6-11(7)16-9(3)13;1-3-5-4-2/h7-10,12,18-20H,2-6,11H2,1H3,(H2,17,21);7,10-11H,4-6H2,1-3H3;3-5H2,1-2H3/b15-12-;;. The molecular weight excluding hydrogens is 538 g/mol. The summed E-state index contributed by atoms with van der Waals surface area (Å²) in [5.41, 5.74) is 7.08. The third-order valence-electron chi connectivity index (χ3n) is 6.45. The van der Waals surface area contributed by atoms with Crippen LogP contribution in [0.4, 0.5) is 0 Å². The zero-order chi connectivity index (χ0) is 31.8. The lowest BCUT2D eigenvalue weighted by Gasteiger charge is -2.33. The maximum atomic E-state index is 10.8. The van der Waals surface area contributed by atoms with Crippen LogP contribution in [0.1, 0.15) is 98.0 Å². The van der Waals surface area contributed by atoms with Gasteiger partial charge in [0.25, 0.3) is 0 Å². The molecule has 1 aromatic carbocycles. The molecule has 1 saturated heterocycles. The maximum Gasteiger partial charge on any atom is 0.302 e. The number of esters is 2. The van der Waals surface area contributed by atoms with Crippen LogP contribution in [0, 0.1) is 5.92 Å². The van der Waals surface area contributed by atoms with E-state index in [2.05, 4.69) is 24.5 Å². The van der Waals surface area contributed by atoms with E-state index in [1.165, 1.54) is 33.1 Å². The van der Waals surface area contributed by atoms with Gasteiger partial charge in [-0.05, 0) is 55.0 Å². The number of aromatic hydroxyl groups is 1. The average molecular weight is 594 g/mol. The molecule has 5 N–H and O–H groups in total. The summed E-state index contributed by atoms with van der Waals surface area (Å²) in [6.07, 6.45) is 11.0. The van der Waals surface area contributed by atoms with Gasteiger partial charge in [-0.2, -0.15) is 0 Å². The van der Waals surface area contributed by atoms with Gasteiger partial charge in [0, 0.05) is 40.1 Å². The number of nitrogens with one attached hydrogen (secondary N) is 2. The summed E-state index contributed by atoms with van der Waals surface area (Å²) in [7, 11) is 1.87. The molecule has 240 valence electrons. The molecule has 0 radical (unpaired) electrons. The molecule has 1 aliphatic rings. The molecule has 10 heteroatoms. The number of rotatable bonds is 15. The molecule has 1 heterocycles. The molecule has 0 saturated carbocycles. The first-order chi connectivity index (χ1) is 20.0. The first-order valence-electron chi connectivity index (χ1n) is 15.1. The minimum absolute atomic E-state index is 0.0919. The Balaban J connectivity index is 0.000000707. The van der Waals surface area contributed by atoms with Gasteiger partial charge in [-0.1, -0.05) is 52.9 Å². The molecular formula is C32H55N3O7. The number of hydrogen-bond donors (Lipinski definition) is 4. The molecule has 3 atom stereocenters. The Bertz CT molecular complexity index is 904. The van der Waals surface area contributed by atoms with E-state index in [0.717, 1.165) is 49.9 Å². The van der Waals surface area contributed by atoms with Crippen LogP contribution in [-0.2, 0) is 28.6 Å². The number of primary amides is 1. The normalized spacial score (nSPS) is 17.9. The van der Waals surface area contributed by atoms with E-state index in [9.17, 15) is 19.5 Å². The summed E-state index contributed by atoms with van der Waals surface area (Å²) in [6.45, 7) is 10.7. The molecule has 10 nitrogen and oxygen atoms in total. The number of unbranched alkanes of at least 4 members (excludes halogenated alkanes) is 5. The van der Waals surface area contributed by atoms with Crippen molar-refractivity contribution < 1.29 is 33.7 Å². The lowest BCUT2D eigenvalue weighted by atomic mass is 9.95. The summed E-state index contributed by atoms with van der Waals surface area (Å²) in [5, 5.41) is 15.7. The zero-order valence-electron chi connectivity index (χ0n) is 26.6. The van der Waals surface area contributed by atoms with Crippen LogP contribution < -0.4 is 16.4 Å². The molecule has 1 aromatic rings. The predicted octanol–water partition coefficient (Wildman–Crippen LogP) is 5.04. The molecule has 0 bridgehead atoms. The van der Waals surface area contributed by atoms with Gasteiger partial charge in [0.05, 0.1) is 18.4 Å². The Kier molecular flexibility index (Phi) is 22.4. The molecule has 0 spiro atoms. The number of amides is 1. The van der Waals surface area contributed by atoms with Crippen molar-refractivity contribution in [3.8, 4) is 5.75 Å². The van der Waals surface area contributed by atoms with Gasteiger partial charge >= 0.3 is 11.9 Å². The number of nitrogens with two attached hydrogens (primary N) is 1. The van der Waals surface area contributed by atoms with Gasteiger partial charge in [-0.15, -0.1) is 0 Å². The monoisotopic (exact) mass is 593 g/mol. The summed E-state index contributed by atoms with van der Waals surface area (Å²) >= 11 is 0. The summed E-state index contributed by atoms with van der Waals surface area (Å²) in [5.74, 6) is -0.336. The van der Waals surface area contributed by atoms with Crippen molar-refractivity contribution in [3.05, 3.63) is 36.0 Å². The molecule has 0 aliphatic carbocycles. The first kappa shape index (κ1) is 38.7. The Labute approximate surface area is 252 Å². The molecule has 1 fully saturated rings. The second-order valence-corrected chi connectivity index (χ2v) is 10.4. The fourth-order valence-electron chi connectivity index (χ4n) is 4.07. The second kappa shape index (κ2) is 24.3. The van der Waals surface area contributed by atoms with E-state index in [-0.39, 0.29) is 48.3 Å². The Morgan fingerprint density at radius 3 is 2.17 bits per heavy atom. The Morgan fingerprint density at radius 1 is 1.02 bits per heavy atom. The number of ether oxygens (including phenoxy) is 3. The van der Waals surface area contributed by atoms with E-state index in [0.29, 0.717) is 13.0 Å². The molecule has 0 aromatic heterocycles. The van der Waals surface area contributed by atoms with Gasteiger partial charge in [-0.3, -0.25) is 14.4 Å². The minimum Gasteiger partial charge on any atom is -0.508 e. The number of phenolic OH excluding ortho intramolecular Hbond substituents is 1. The highest BCUT2D eigenvalue weighted by molar-refractivity contribution is 5.73. The van der Waals surface area contributed by atoms with Crippen molar-refractivity contribution in [2.75, 3.05) is 26.8 Å². The molecule has 2 rings (SSSR count). The largest absolute Gasteiger partial charge is 0.508 e. The van der Waals surface area contributed by atoms with Crippen LogP contribution >= 0.6 is 0 Å². The van der Waals surface area contributed by atoms with Crippen molar-refractivity contribution >= 4 is 23.5 Å². The topological polar surface area (TPSA) is 149 Å². The van der Waals surface area contributed by atoms with E-state index >= 15 is 0 Å². The molecule has 1 amide bonds. The van der Waals surface area contributed by atoms with Crippen LogP contribution in [0.2, 0.25) is 0 Å². The van der Waals surface area contributed by atoms with Crippen molar-refractivity contribution in [1.82, 2.24) is 10.6 Å². The fourth-order valence-corrected chi connectivity index (χ4v) is 4.07. The molecule has 1 aliphatic heterocycles. The van der Waals surface area contributed by atoms with Crippen molar-refractivity contribution in [3.63, 3.8) is 0 Å². The predicted molar refractivity (Wildman–Crippen MR) is 166 cm³/mol. The number of phenols is 1. The van der Waals surface area contributed by atoms with E-state index in [1.807, 2.05) is 32.3 Å². The first-order valence-corrected chi connectivity index (χ1v) is 15.1. The molecule has 3 unspecified atom stereocenters. The highest BCUT2D eigenvalue weighted by Crippen LogP contribution is 2.23. The summed E-state index contributed by atoms with van der Waals surface area (Å²) in [4.78, 5) is 32.0. The van der Waals surface area contributed by atoms with Gasteiger partial charge < -0.3 is 35.7 Å². The SMILES string of the molecule is CC(=O)OCC1CC(C)C(OC(C)=O)CO1.CCCCC.CN/C(=C\NCCCCCCC(N)=O)c1ccc(O)cc1. The van der Waals surface area contributed by atoms with Crippen molar-refractivity contribution in [2.45, 2.75) is 105 Å². The van der Waals surface area contributed by atoms with Crippen molar-refractivity contribution in [2.24, 2.45) is 11.7 Å². The highest BCUT2D eigenvalue weighted by Gasteiger charge is 2.30. The smallest absolute Gasteiger partial charge is 0.302 e. The quantitative estimate of drug-likeness (QED) is 0.162. The van der Waals surface area contributed by atoms with E-state index in [4.69, 9.17) is 19.9 Å². The van der Waals surface area contributed by atoms with Gasteiger partial charge in [0.2, 0.25) is 5.91 Å². The number of carbonyl (C=O) groups excluding carboxylic acids is 3. The van der Waals surface area contributed by atoms with Gasteiger partial charge in [-0.25, -0.2) is 0 Å². The summed E-state index contributed by atoms with van der Waals surface area (Å²) < 4.78 is 15.4. The zero-order valence-corrected chi connectivity index (χ0v) is 26.6. The van der Waals surface area contributed by atoms with Crippen LogP contribution in [0.5, 0.6) is 5.75 Å². The van der Waals surface area contributed by atoms with Crippen LogP contribution in [0.25, 0.3) is 5.70 Å².